The van der Waals surface area contributed by atoms with Gasteiger partial charge in [-0.05, 0) is 37.1 Å². The van der Waals surface area contributed by atoms with E-state index in [1.54, 1.807) is 18.4 Å². The number of aromatic nitrogens is 1. The number of rotatable bonds is 4. The Bertz CT molecular complexity index is 534. The first-order chi connectivity index (χ1) is 8.65. The fourth-order valence-electron chi connectivity index (χ4n) is 1.82. The summed E-state index contributed by atoms with van der Waals surface area (Å²) in [5, 5.41) is 3.04. The van der Waals surface area contributed by atoms with E-state index in [0.29, 0.717) is 0 Å². The summed E-state index contributed by atoms with van der Waals surface area (Å²) in [5.41, 5.74) is 9.11. The van der Waals surface area contributed by atoms with Crippen molar-refractivity contribution in [2.75, 3.05) is 7.11 Å². The van der Waals surface area contributed by atoms with E-state index in [9.17, 15) is 0 Å². The van der Waals surface area contributed by atoms with Gasteiger partial charge in [0.05, 0.1) is 12.8 Å². The van der Waals surface area contributed by atoms with E-state index in [2.05, 4.69) is 18.0 Å². The molecule has 2 N–H and O–H groups in total. The second kappa shape index (κ2) is 5.50. The maximum Gasteiger partial charge on any atom is 0.123 e. The summed E-state index contributed by atoms with van der Waals surface area (Å²) in [6.45, 7) is 4.07. The van der Waals surface area contributed by atoms with Crippen molar-refractivity contribution in [2.24, 2.45) is 5.73 Å². The van der Waals surface area contributed by atoms with Gasteiger partial charge in [0.15, 0.2) is 0 Å². The summed E-state index contributed by atoms with van der Waals surface area (Å²) in [4.78, 5) is 4.56. The van der Waals surface area contributed by atoms with Crippen LogP contribution in [0.4, 0.5) is 0 Å². The Kier molecular flexibility index (Phi) is 3.99. The average Bonchev–Trinajstić information content (AvgIpc) is 2.87. The number of nitrogens with zero attached hydrogens (tertiary/aromatic N) is 1. The number of aryl methyl sites for hydroxylation is 1. The van der Waals surface area contributed by atoms with E-state index in [-0.39, 0.29) is 6.04 Å². The minimum absolute atomic E-state index is 0.0149. The number of hydrogen-bond donors (Lipinski definition) is 1. The standard InChI is InChI=1S/C14H18N2OS/c1-4-10-7-11(5-6-13(10)17-3)14-16-12(8-18-14)9(2)15/h5-9H,4,15H2,1-3H3. The van der Waals surface area contributed by atoms with E-state index >= 15 is 0 Å². The zero-order valence-corrected chi connectivity index (χ0v) is 11.8. The summed E-state index contributed by atoms with van der Waals surface area (Å²) in [7, 11) is 1.70. The largest absolute Gasteiger partial charge is 0.496 e. The van der Waals surface area contributed by atoms with Crippen molar-refractivity contribution in [3.05, 3.63) is 34.8 Å². The molecule has 3 nitrogen and oxygen atoms in total. The van der Waals surface area contributed by atoms with Crippen LogP contribution in [-0.4, -0.2) is 12.1 Å². The molecule has 96 valence electrons. The Balaban J connectivity index is 2.38. The Labute approximate surface area is 112 Å². The maximum absolute atomic E-state index is 5.83. The molecular formula is C14H18N2OS. The molecule has 2 rings (SSSR count). The fraction of sp³-hybridized carbons (Fsp3) is 0.357. The Hall–Kier alpha value is -1.39. The second-order valence-electron chi connectivity index (χ2n) is 4.25. The lowest BCUT2D eigenvalue weighted by atomic mass is 10.1. The lowest BCUT2D eigenvalue weighted by Gasteiger charge is -2.07. The molecule has 0 aliphatic carbocycles. The zero-order valence-electron chi connectivity index (χ0n) is 10.9. The summed E-state index contributed by atoms with van der Waals surface area (Å²) in [5.74, 6) is 0.935. The zero-order chi connectivity index (χ0) is 13.1. The number of benzene rings is 1. The quantitative estimate of drug-likeness (QED) is 0.918. The highest BCUT2D eigenvalue weighted by Crippen LogP contribution is 2.30. The molecule has 0 aliphatic rings. The molecule has 1 heterocycles. The third-order valence-corrected chi connectivity index (χ3v) is 3.81. The van der Waals surface area contributed by atoms with Gasteiger partial charge in [0.1, 0.15) is 10.8 Å². The Morgan fingerprint density at radius 2 is 2.22 bits per heavy atom. The molecule has 0 radical (unpaired) electrons. The number of hydrogen-bond acceptors (Lipinski definition) is 4. The highest BCUT2D eigenvalue weighted by Gasteiger charge is 2.09. The summed E-state index contributed by atoms with van der Waals surface area (Å²) >= 11 is 1.63. The predicted octanol–water partition coefficient (Wildman–Crippen LogP) is 3.40. The first-order valence-corrected chi connectivity index (χ1v) is 6.92. The van der Waals surface area contributed by atoms with Crippen molar-refractivity contribution >= 4 is 11.3 Å². The highest BCUT2D eigenvalue weighted by atomic mass is 32.1. The lowest BCUT2D eigenvalue weighted by molar-refractivity contribution is 0.410. The van der Waals surface area contributed by atoms with E-state index in [4.69, 9.17) is 10.5 Å². The smallest absolute Gasteiger partial charge is 0.123 e. The molecule has 1 unspecified atom stereocenters. The van der Waals surface area contributed by atoms with Gasteiger partial charge < -0.3 is 10.5 Å². The molecule has 2 aromatic rings. The van der Waals surface area contributed by atoms with Gasteiger partial charge in [-0.1, -0.05) is 6.92 Å². The Morgan fingerprint density at radius 1 is 1.44 bits per heavy atom. The molecule has 4 heteroatoms. The molecule has 0 bridgehead atoms. The highest BCUT2D eigenvalue weighted by molar-refractivity contribution is 7.13. The molecule has 0 spiro atoms. The molecule has 1 atom stereocenters. The normalized spacial score (nSPS) is 12.4. The van der Waals surface area contributed by atoms with Crippen LogP contribution in [0, 0.1) is 0 Å². The Morgan fingerprint density at radius 3 is 2.78 bits per heavy atom. The van der Waals surface area contributed by atoms with Crippen LogP contribution < -0.4 is 10.5 Å². The van der Waals surface area contributed by atoms with Crippen LogP contribution in [0.5, 0.6) is 5.75 Å². The van der Waals surface area contributed by atoms with Crippen LogP contribution in [0.25, 0.3) is 10.6 Å². The van der Waals surface area contributed by atoms with Gasteiger partial charge >= 0.3 is 0 Å². The maximum atomic E-state index is 5.83. The number of ether oxygens (including phenoxy) is 1. The van der Waals surface area contributed by atoms with Crippen LogP contribution in [0.2, 0.25) is 0 Å². The van der Waals surface area contributed by atoms with Gasteiger partial charge in [-0.2, -0.15) is 0 Å². The molecule has 0 fully saturated rings. The third-order valence-electron chi connectivity index (χ3n) is 2.90. The van der Waals surface area contributed by atoms with Crippen molar-refractivity contribution in [1.82, 2.24) is 4.98 Å². The SMILES string of the molecule is CCc1cc(-c2nc(C(C)N)cs2)ccc1OC. The number of thiazole rings is 1. The van der Waals surface area contributed by atoms with Crippen molar-refractivity contribution in [3.8, 4) is 16.3 Å². The van der Waals surface area contributed by atoms with Crippen molar-refractivity contribution in [3.63, 3.8) is 0 Å². The van der Waals surface area contributed by atoms with E-state index in [1.165, 1.54) is 5.56 Å². The van der Waals surface area contributed by atoms with Crippen LogP contribution in [0.1, 0.15) is 31.1 Å². The molecular weight excluding hydrogens is 244 g/mol. The lowest BCUT2D eigenvalue weighted by Crippen LogP contribution is -2.04. The van der Waals surface area contributed by atoms with Crippen LogP contribution in [0.15, 0.2) is 23.6 Å². The van der Waals surface area contributed by atoms with Crippen LogP contribution in [-0.2, 0) is 6.42 Å². The minimum Gasteiger partial charge on any atom is -0.496 e. The van der Waals surface area contributed by atoms with Crippen molar-refractivity contribution in [2.45, 2.75) is 26.3 Å². The van der Waals surface area contributed by atoms with Crippen LogP contribution in [0.3, 0.4) is 0 Å². The van der Waals surface area contributed by atoms with E-state index in [0.717, 1.165) is 28.4 Å². The first kappa shape index (κ1) is 13.1. The van der Waals surface area contributed by atoms with Crippen LogP contribution >= 0.6 is 11.3 Å². The molecule has 18 heavy (non-hydrogen) atoms. The second-order valence-corrected chi connectivity index (χ2v) is 5.10. The first-order valence-electron chi connectivity index (χ1n) is 6.04. The van der Waals surface area contributed by atoms with Crippen molar-refractivity contribution < 1.29 is 4.74 Å². The number of methoxy groups -OCH3 is 1. The van der Waals surface area contributed by atoms with Gasteiger partial charge in [0.25, 0.3) is 0 Å². The summed E-state index contributed by atoms with van der Waals surface area (Å²) < 4.78 is 5.33. The van der Waals surface area contributed by atoms with E-state index in [1.807, 2.05) is 24.4 Å². The predicted molar refractivity (Wildman–Crippen MR) is 76.1 cm³/mol. The molecule has 1 aromatic carbocycles. The molecule has 0 saturated carbocycles. The molecule has 0 saturated heterocycles. The van der Waals surface area contributed by atoms with Gasteiger partial charge in [-0.25, -0.2) is 4.98 Å². The van der Waals surface area contributed by atoms with Gasteiger partial charge in [0, 0.05) is 17.0 Å². The molecule has 1 aromatic heterocycles. The minimum atomic E-state index is -0.0149. The van der Waals surface area contributed by atoms with Gasteiger partial charge in [0.2, 0.25) is 0 Å². The van der Waals surface area contributed by atoms with Crippen molar-refractivity contribution in [1.29, 1.82) is 0 Å². The van der Waals surface area contributed by atoms with E-state index < -0.39 is 0 Å². The molecule has 0 aliphatic heterocycles. The third kappa shape index (κ3) is 2.54. The summed E-state index contributed by atoms with van der Waals surface area (Å²) in [6.07, 6.45) is 0.947. The topological polar surface area (TPSA) is 48.1 Å². The number of nitrogens with two attached hydrogens (primary N) is 1. The van der Waals surface area contributed by atoms with Gasteiger partial charge in [-0.3, -0.25) is 0 Å². The molecule has 0 amide bonds. The monoisotopic (exact) mass is 262 g/mol. The fourth-order valence-corrected chi connectivity index (χ4v) is 2.74. The van der Waals surface area contributed by atoms with Gasteiger partial charge in [-0.15, -0.1) is 11.3 Å². The average molecular weight is 262 g/mol. The summed E-state index contributed by atoms with van der Waals surface area (Å²) in [6, 6.07) is 6.17.